The second kappa shape index (κ2) is 8.76. The van der Waals surface area contributed by atoms with E-state index in [1.54, 1.807) is 11.6 Å². The van der Waals surface area contributed by atoms with Gasteiger partial charge in [0, 0.05) is 20.1 Å². The Morgan fingerprint density at radius 2 is 2.03 bits per heavy atom. The summed E-state index contributed by atoms with van der Waals surface area (Å²) >= 11 is 1.39. The molecule has 31 heavy (non-hydrogen) atoms. The minimum atomic E-state index is -0.284. The van der Waals surface area contributed by atoms with Gasteiger partial charge >= 0.3 is 0 Å². The molecule has 4 rings (SSSR count). The van der Waals surface area contributed by atoms with Gasteiger partial charge in [0.1, 0.15) is 11.9 Å². The highest BCUT2D eigenvalue weighted by atomic mass is 32.1. The van der Waals surface area contributed by atoms with Crippen LogP contribution in [-0.2, 0) is 18.4 Å². The molecule has 8 nitrogen and oxygen atoms in total. The Balaban J connectivity index is 1.59. The Hall–Kier alpha value is -2.78. The van der Waals surface area contributed by atoms with Gasteiger partial charge in [0.15, 0.2) is 15.5 Å². The summed E-state index contributed by atoms with van der Waals surface area (Å²) in [5.41, 5.74) is 1.28. The fourth-order valence-corrected chi connectivity index (χ4v) is 4.87. The van der Waals surface area contributed by atoms with E-state index in [4.69, 9.17) is 4.98 Å². The number of carbonyl (C=O) groups is 1. The molecule has 1 amide bonds. The van der Waals surface area contributed by atoms with Crippen molar-refractivity contribution in [2.45, 2.75) is 38.4 Å². The zero-order valence-corrected chi connectivity index (χ0v) is 19.1. The van der Waals surface area contributed by atoms with Crippen molar-refractivity contribution in [1.29, 1.82) is 0 Å². The van der Waals surface area contributed by atoms with E-state index in [2.05, 4.69) is 10.3 Å². The monoisotopic (exact) mass is 440 g/mol. The van der Waals surface area contributed by atoms with Crippen LogP contribution in [0, 0.1) is 0 Å². The lowest BCUT2D eigenvalue weighted by molar-refractivity contribution is -0.122. The van der Waals surface area contributed by atoms with Crippen LogP contribution >= 0.6 is 11.3 Å². The van der Waals surface area contributed by atoms with E-state index in [-0.39, 0.29) is 23.6 Å². The van der Waals surface area contributed by atoms with E-state index in [0.717, 1.165) is 24.9 Å². The van der Waals surface area contributed by atoms with Gasteiger partial charge in [-0.1, -0.05) is 41.7 Å². The van der Waals surface area contributed by atoms with E-state index in [9.17, 15) is 9.59 Å². The lowest BCUT2D eigenvalue weighted by Crippen LogP contribution is -2.43. The fraction of sp³-hybridized carbons (Fsp3) is 0.455. The Bertz CT molecular complexity index is 1140. The van der Waals surface area contributed by atoms with Crippen LogP contribution in [-0.4, -0.2) is 52.0 Å². The molecule has 0 bridgehead atoms. The number of hydrogen-bond acceptors (Lipinski definition) is 7. The number of nitrogens with zero attached hydrogens (tertiary/aromatic N) is 5. The second-order valence-electron chi connectivity index (χ2n) is 8.18. The van der Waals surface area contributed by atoms with Crippen LogP contribution in [0.2, 0.25) is 0 Å². The Morgan fingerprint density at radius 3 is 2.74 bits per heavy atom. The van der Waals surface area contributed by atoms with Crippen molar-refractivity contribution in [2.24, 2.45) is 7.05 Å². The molecule has 0 saturated carbocycles. The molecule has 1 aliphatic rings. The molecule has 164 valence electrons. The summed E-state index contributed by atoms with van der Waals surface area (Å²) in [5.74, 6) is 0.694. The molecule has 0 spiro atoms. The number of fused-ring (bicyclic) bond motifs is 1. The predicted octanol–water partition coefficient (Wildman–Crippen LogP) is 2.30. The highest BCUT2D eigenvalue weighted by molar-refractivity contribution is 7.21. The van der Waals surface area contributed by atoms with Crippen LogP contribution in [0.3, 0.4) is 0 Å². The Labute approximate surface area is 185 Å². The predicted molar refractivity (Wildman–Crippen MR) is 123 cm³/mol. The number of rotatable bonds is 6. The summed E-state index contributed by atoms with van der Waals surface area (Å²) in [5, 5.41) is 3.73. The van der Waals surface area contributed by atoms with Crippen molar-refractivity contribution in [1.82, 2.24) is 24.8 Å². The molecule has 0 aliphatic carbocycles. The molecule has 1 saturated heterocycles. The molecule has 3 heterocycles. The smallest absolute Gasteiger partial charge is 0.280 e. The van der Waals surface area contributed by atoms with E-state index in [0.29, 0.717) is 27.8 Å². The molecule has 1 unspecified atom stereocenters. The van der Waals surface area contributed by atoms with Gasteiger partial charge in [-0.15, -0.1) is 0 Å². The standard InChI is InChI=1S/C22H28N6O2S/c1-14(26(2)3)18-25-20-17(21(30)27(18)4)24-22(31-20)28-12-8-11-16(28)19(29)23-13-15-9-6-5-7-10-15/h5-7,9-10,14,16H,8,11-13H2,1-4H3,(H,23,29)/t14-,16?/m1/s1. The van der Waals surface area contributed by atoms with E-state index in [1.807, 2.05) is 61.2 Å². The largest absolute Gasteiger partial charge is 0.350 e. The molecule has 9 heteroatoms. The van der Waals surface area contributed by atoms with Gasteiger partial charge in [-0.25, -0.2) is 9.97 Å². The first-order chi connectivity index (χ1) is 14.9. The lowest BCUT2D eigenvalue weighted by Gasteiger charge is -2.23. The van der Waals surface area contributed by atoms with E-state index in [1.165, 1.54) is 11.3 Å². The minimum absolute atomic E-state index is 0.00375. The molecule has 1 N–H and O–H groups in total. The summed E-state index contributed by atoms with van der Waals surface area (Å²) in [6.45, 7) is 3.26. The van der Waals surface area contributed by atoms with Crippen LogP contribution in [0.15, 0.2) is 35.1 Å². The topological polar surface area (TPSA) is 83.4 Å². The number of amides is 1. The summed E-state index contributed by atoms with van der Waals surface area (Å²) < 4.78 is 1.57. The summed E-state index contributed by atoms with van der Waals surface area (Å²) in [6, 6.07) is 9.58. The fourth-order valence-electron chi connectivity index (χ4n) is 3.86. The highest BCUT2D eigenvalue weighted by Gasteiger charge is 2.33. The normalized spacial score (nSPS) is 17.5. The van der Waals surface area contributed by atoms with Crippen LogP contribution in [0.5, 0.6) is 0 Å². The van der Waals surface area contributed by atoms with Crippen molar-refractivity contribution in [3.05, 3.63) is 52.1 Å². The molecule has 1 fully saturated rings. The number of benzene rings is 1. The Morgan fingerprint density at radius 1 is 1.29 bits per heavy atom. The van der Waals surface area contributed by atoms with Gasteiger partial charge < -0.3 is 10.2 Å². The van der Waals surface area contributed by atoms with Crippen molar-refractivity contribution >= 4 is 32.7 Å². The highest BCUT2D eigenvalue weighted by Crippen LogP contribution is 2.32. The number of hydrogen-bond donors (Lipinski definition) is 1. The van der Waals surface area contributed by atoms with Gasteiger partial charge in [-0.3, -0.25) is 19.1 Å². The molecular formula is C22H28N6O2S. The SMILES string of the molecule is C[C@H](c1nc2sc(N3CCCC3C(=O)NCc3ccccc3)nc2c(=O)n1C)N(C)C. The quantitative estimate of drug-likeness (QED) is 0.633. The molecule has 2 aromatic heterocycles. The van der Waals surface area contributed by atoms with Gasteiger partial charge in [-0.2, -0.15) is 0 Å². The number of thiazole rings is 1. The third kappa shape index (κ3) is 4.20. The average molecular weight is 441 g/mol. The van der Waals surface area contributed by atoms with Crippen molar-refractivity contribution in [2.75, 3.05) is 25.5 Å². The van der Waals surface area contributed by atoms with Crippen molar-refractivity contribution in [3.8, 4) is 0 Å². The number of aromatic nitrogens is 3. The molecule has 2 atom stereocenters. The zero-order valence-electron chi connectivity index (χ0n) is 18.3. The maximum Gasteiger partial charge on any atom is 0.280 e. The van der Waals surface area contributed by atoms with Gasteiger partial charge in [0.25, 0.3) is 5.56 Å². The van der Waals surface area contributed by atoms with E-state index >= 15 is 0 Å². The lowest BCUT2D eigenvalue weighted by atomic mass is 10.2. The number of carbonyl (C=O) groups excluding carboxylic acids is 1. The number of nitrogens with one attached hydrogen (secondary N) is 1. The average Bonchev–Trinajstić information content (AvgIpc) is 3.42. The minimum Gasteiger partial charge on any atom is -0.350 e. The summed E-state index contributed by atoms with van der Waals surface area (Å²) in [4.78, 5) is 39.8. The molecule has 0 radical (unpaired) electrons. The zero-order chi connectivity index (χ0) is 22.1. The van der Waals surface area contributed by atoms with Crippen molar-refractivity contribution < 1.29 is 4.79 Å². The Kier molecular flexibility index (Phi) is 6.06. The van der Waals surface area contributed by atoms with Crippen LogP contribution in [0.25, 0.3) is 10.3 Å². The molecule has 1 aliphatic heterocycles. The number of anilines is 1. The molecular weight excluding hydrogens is 412 g/mol. The van der Waals surface area contributed by atoms with Gasteiger partial charge in [0.2, 0.25) is 5.91 Å². The maximum atomic E-state index is 12.9. The first kappa shape index (κ1) is 21.5. The molecule has 1 aromatic carbocycles. The van der Waals surface area contributed by atoms with Gasteiger partial charge in [0.05, 0.1) is 6.04 Å². The van der Waals surface area contributed by atoms with E-state index < -0.39 is 0 Å². The first-order valence-electron chi connectivity index (χ1n) is 10.5. The maximum absolute atomic E-state index is 12.9. The van der Waals surface area contributed by atoms with Crippen molar-refractivity contribution in [3.63, 3.8) is 0 Å². The van der Waals surface area contributed by atoms with Crippen LogP contribution < -0.4 is 15.8 Å². The van der Waals surface area contributed by atoms with Crippen LogP contribution in [0.1, 0.15) is 37.2 Å². The molecule has 3 aromatic rings. The first-order valence-corrected chi connectivity index (χ1v) is 11.3. The van der Waals surface area contributed by atoms with Crippen LogP contribution in [0.4, 0.5) is 5.13 Å². The summed E-state index contributed by atoms with van der Waals surface area (Å²) in [6.07, 6.45) is 1.68. The summed E-state index contributed by atoms with van der Waals surface area (Å²) in [7, 11) is 5.66. The third-order valence-corrected chi connectivity index (χ3v) is 6.91. The third-order valence-electron chi connectivity index (χ3n) is 5.92. The second-order valence-corrected chi connectivity index (χ2v) is 9.13. The van der Waals surface area contributed by atoms with Gasteiger partial charge in [-0.05, 0) is 39.4 Å².